The monoisotopic (exact) mass is 770 g/mol. The van der Waals surface area contributed by atoms with Gasteiger partial charge >= 0.3 is 0 Å². The first-order valence-electron chi connectivity index (χ1n) is 22.9. The average Bonchev–Trinajstić information content (AvgIpc) is 3.17. The van der Waals surface area contributed by atoms with E-state index in [1.54, 1.807) is 6.08 Å². The number of ether oxygens (including phenoxy) is 2. The summed E-state index contributed by atoms with van der Waals surface area (Å²) in [6.07, 6.45) is 34.0. The summed E-state index contributed by atoms with van der Waals surface area (Å²) < 4.78 is 11.2. The van der Waals surface area contributed by atoms with Crippen molar-refractivity contribution in [2.45, 2.75) is 256 Å². The lowest BCUT2D eigenvalue weighted by molar-refractivity contribution is -0.302. The molecule has 1 rings (SSSR count). The van der Waals surface area contributed by atoms with Crippen molar-refractivity contribution in [3.63, 3.8) is 0 Å². The van der Waals surface area contributed by atoms with E-state index in [4.69, 9.17) is 9.47 Å². The second-order valence-electron chi connectivity index (χ2n) is 16.2. The molecule has 1 aliphatic heterocycles. The standard InChI is InChI=1S/C45H87NO8/c1-3-5-7-9-11-13-15-16-17-18-19-20-21-22-23-25-26-28-30-32-34-39(48)38(37-53-45-44(52)43(51)42(50)40(36-47)54-45)46-41(49)35-33-31-29-27-24-14-12-10-8-6-4-2/h32,34,38-40,42-45,47-48,50-52H,3-31,33,35-37H2,1-2H3,(H,46,49)/b34-32+. The third-order valence-corrected chi connectivity index (χ3v) is 11.1. The van der Waals surface area contributed by atoms with Crippen LogP contribution in [0.5, 0.6) is 0 Å². The van der Waals surface area contributed by atoms with E-state index < -0.39 is 49.5 Å². The van der Waals surface area contributed by atoms with Crippen molar-refractivity contribution in [1.82, 2.24) is 5.32 Å². The fraction of sp³-hybridized carbons (Fsp3) is 0.933. The quantitative estimate of drug-likeness (QED) is 0.0269. The zero-order valence-electron chi connectivity index (χ0n) is 35.0. The number of unbranched alkanes of at least 4 members (excludes halogenated alkanes) is 28. The van der Waals surface area contributed by atoms with Crippen molar-refractivity contribution in [1.29, 1.82) is 0 Å². The number of amides is 1. The summed E-state index contributed by atoms with van der Waals surface area (Å²) in [4.78, 5) is 12.9. The summed E-state index contributed by atoms with van der Waals surface area (Å²) in [5.41, 5.74) is 0. The lowest BCUT2D eigenvalue weighted by Crippen LogP contribution is -2.60. The zero-order valence-corrected chi connectivity index (χ0v) is 35.0. The number of allylic oxidation sites excluding steroid dienone is 1. The second-order valence-corrected chi connectivity index (χ2v) is 16.2. The minimum Gasteiger partial charge on any atom is -0.394 e. The number of hydrogen-bond donors (Lipinski definition) is 6. The molecule has 1 saturated heterocycles. The molecule has 1 amide bonds. The van der Waals surface area contributed by atoms with Crippen LogP contribution >= 0.6 is 0 Å². The summed E-state index contributed by atoms with van der Waals surface area (Å²) in [6.45, 7) is 3.77. The van der Waals surface area contributed by atoms with Gasteiger partial charge in [-0.25, -0.2) is 0 Å². The fourth-order valence-corrected chi connectivity index (χ4v) is 7.39. The highest BCUT2D eigenvalue weighted by Gasteiger charge is 2.44. The van der Waals surface area contributed by atoms with E-state index in [9.17, 15) is 30.3 Å². The van der Waals surface area contributed by atoms with Crippen LogP contribution in [-0.4, -0.2) is 87.5 Å². The third-order valence-electron chi connectivity index (χ3n) is 11.1. The van der Waals surface area contributed by atoms with Crippen molar-refractivity contribution in [3.8, 4) is 0 Å². The van der Waals surface area contributed by atoms with Gasteiger partial charge < -0.3 is 40.3 Å². The number of nitrogens with one attached hydrogen (secondary N) is 1. The Morgan fingerprint density at radius 1 is 0.611 bits per heavy atom. The largest absolute Gasteiger partial charge is 0.394 e. The summed E-state index contributed by atoms with van der Waals surface area (Å²) in [7, 11) is 0. The molecule has 0 aliphatic carbocycles. The number of carbonyl (C=O) groups excluding carboxylic acids is 1. The predicted molar refractivity (Wildman–Crippen MR) is 221 cm³/mol. The first kappa shape index (κ1) is 50.9. The van der Waals surface area contributed by atoms with Crippen LogP contribution in [0, 0.1) is 0 Å². The molecule has 7 unspecified atom stereocenters. The van der Waals surface area contributed by atoms with Gasteiger partial charge in [0.05, 0.1) is 25.4 Å². The minimum atomic E-state index is -1.56. The first-order valence-corrected chi connectivity index (χ1v) is 22.9. The Labute approximate surface area is 331 Å². The number of rotatable bonds is 38. The van der Waals surface area contributed by atoms with Gasteiger partial charge in [-0.15, -0.1) is 0 Å². The molecule has 54 heavy (non-hydrogen) atoms. The van der Waals surface area contributed by atoms with Crippen LogP contribution in [0.1, 0.15) is 213 Å². The van der Waals surface area contributed by atoms with Crippen LogP contribution in [-0.2, 0) is 14.3 Å². The summed E-state index contributed by atoms with van der Waals surface area (Å²) in [5.74, 6) is -0.177. The predicted octanol–water partition coefficient (Wildman–Crippen LogP) is 9.34. The van der Waals surface area contributed by atoms with E-state index in [0.29, 0.717) is 6.42 Å². The molecule has 0 saturated carbocycles. The summed E-state index contributed by atoms with van der Waals surface area (Å²) in [6, 6.07) is -0.797. The number of aliphatic hydroxyl groups is 5. The molecule has 1 aliphatic rings. The van der Waals surface area contributed by atoms with Gasteiger partial charge in [-0.2, -0.15) is 0 Å². The maximum Gasteiger partial charge on any atom is 0.220 e. The Morgan fingerprint density at radius 3 is 1.44 bits per heavy atom. The Hall–Kier alpha value is -1.07. The van der Waals surface area contributed by atoms with Gasteiger partial charge in [0.15, 0.2) is 6.29 Å². The summed E-state index contributed by atoms with van der Waals surface area (Å²) >= 11 is 0. The van der Waals surface area contributed by atoms with Crippen LogP contribution < -0.4 is 5.32 Å². The van der Waals surface area contributed by atoms with Crippen LogP contribution in [0.3, 0.4) is 0 Å². The highest BCUT2D eigenvalue weighted by atomic mass is 16.7. The Kier molecular flexibility index (Phi) is 34.2. The molecule has 6 N–H and O–H groups in total. The van der Waals surface area contributed by atoms with E-state index in [2.05, 4.69) is 19.2 Å². The smallest absolute Gasteiger partial charge is 0.220 e. The van der Waals surface area contributed by atoms with Crippen molar-refractivity contribution in [3.05, 3.63) is 12.2 Å². The Balaban J connectivity index is 2.32. The molecule has 0 radical (unpaired) electrons. The molecular weight excluding hydrogens is 682 g/mol. The minimum absolute atomic E-state index is 0.177. The maximum absolute atomic E-state index is 12.9. The lowest BCUT2D eigenvalue weighted by atomic mass is 9.99. The molecular formula is C45H87NO8. The first-order chi connectivity index (χ1) is 26.3. The van der Waals surface area contributed by atoms with Gasteiger partial charge in [0.25, 0.3) is 0 Å². The van der Waals surface area contributed by atoms with E-state index in [1.807, 2.05) is 6.08 Å². The van der Waals surface area contributed by atoms with Gasteiger partial charge in [-0.05, 0) is 19.3 Å². The van der Waals surface area contributed by atoms with Crippen LogP contribution in [0.2, 0.25) is 0 Å². The molecule has 0 spiro atoms. The Morgan fingerprint density at radius 2 is 1.02 bits per heavy atom. The number of aliphatic hydroxyl groups excluding tert-OH is 5. The van der Waals surface area contributed by atoms with Crippen molar-refractivity contribution in [2.75, 3.05) is 13.2 Å². The molecule has 1 fully saturated rings. The van der Waals surface area contributed by atoms with Crippen molar-refractivity contribution in [2.24, 2.45) is 0 Å². The number of carbonyl (C=O) groups is 1. The highest BCUT2D eigenvalue weighted by molar-refractivity contribution is 5.76. The van der Waals surface area contributed by atoms with Gasteiger partial charge in [0.2, 0.25) is 5.91 Å². The second kappa shape index (κ2) is 36.3. The van der Waals surface area contributed by atoms with Crippen LogP contribution in [0.4, 0.5) is 0 Å². The Bertz CT molecular complexity index is 858. The number of hydrogen-bond acceptors (Lipinski definition) is 8. The van der Waals surface area contributed by atoms with Gasteiger partial charge in [-0.1, -0.05) is 199 Å². The molecule has 7 atom stereocenters. The molecule has 9 heteroatoms. The lowest BCUT2D eigenvalue weighted by Gasteiger charge is -2.40. The molecule has 1 heterocycles. The molecule has 0 aromatic rings. The SMILES string of the molecule is CCCCCCCCCCCCCCCCCCCC/C=C/C(O)C(COC1OC(CO)C(O)C(O)C1O)NC(=O)CCCCCCCCCCCCC. The fourth-order valence-electron chi connectivity index (χ4n) is 7.39. The molecule has 0 bridgehead atoms. The maximum atomic E-state index is 12.9. The van der Waals surface area contributed by atoms with E-state index in [0.717, 1.165) is 38.5 Å². The zero-order chi connectivity index (χ0) is 39.5. The molecule has 0 aromatic carbocycles. The van der Waals surface area contributed by atoms with Gasteiger partial charge in [-0.3, -0.25) is 4.79 Å². The van der Waals surface area contributed by atoms with Crippen LogP contribution in [0.25, 0.3) is 0 Å². The summed E-state index contributed by atoms with van der Waals surface area (Å²) in [5, 5.41) is 54.1. The van der Waals surface area contributed by atoms with E-state index in [1.165, 1.54) is 154 Å². The van der Waals surface area contributed by atoms with E-state index in [-0.39, 0.29) is 12.5 Å². The third kappa shape index (κ3) is 26.7. The van der Waals surface area contributed by atoms with Crippen LogP contribution in [0.15, 0.2) is 12.2 Å². The molecule has 320 valence electrons. The highest BCUT2D eigenvalue weighted by Crippen LogP contribution is 2.23. The molecule has 9 nitrogen and oxygen atoms in total. The van der Waals surface area contributed by atoms with E-state index >= 15 is 0 Å². The van der Waals surface area contributed by atoms with Gasteiger partial charge in [0, 0.05) is 6.42 Å². The average molecular weight is 770 g/mol. The molecule has 0 aromatic heterocycles. The normalized spacial score (nSPS) is 21.5. The topological polar surface area (TPSA) is 149 Å². The van der Waals surface area contributed by atoms with Crippen molar-refractivity contribution >= 4 is 5.91 Å². The van der Waals surface area contributed by atoms with Gasteiger partial charge in [0.1, 0.15) is 24.4 Å². The van der Waals surface area contributed by atoms with Crippen molar-refractivity contribution < 1.29 is 39.8 Å².